The van der Waals surface area contributed by atoms with Gasteiger partial charge in [-0.1, -0.05) is 49.2 Å². The first kappa shape index (κ1) is 35.4. The Morgan fingerprint density at radius 2 is 1.98 bits per heavy atom. The Morgan fingerprint density at radius 1 is 1.23 bits per heavy atom. The number of carbonyl (C=O) groups excluding carboxylic acids is 1. The van der Waals surface area contributed by atoms with E-state index in [-0.39, 0.29) is 24.4 Å². The highest BCUT2D eigenvalue weighted by atomic mass is 35.5. The van der Waals surface area contributed by atoms with Crippen LogP contribution in [0.5, 0.6) is 5.75 Å². The smallest absolute Gasteiger partial charge is 0.290 e. The zero-order chi connectivity index (χ0) is 32.2. The predicted molar refractivity (Wildman–Crippen MR) is 176 cm³/mol. The summed E-state index contributed by atoms with van der Waals surface area (Å²) in [4.78, 5) is 24.1. The van der Waals surface area contributed by atoms with Gasteiger partial charge in [-0.2, -0.15) is 0 Å². The lowest BCUT2D eigenvalue weighted by Gasteiger charge is -2.44. The van der Waals surface area contributed by atoms with Crippen molar-refractivity contribution in [2.24, 2.45) is 11.8 Å². The number of hydrogen-bond acceptors (Lipinski definition) is 6. The van der Waals surface area contributed by atoms with Crippen molar-refractivity contribution in [1.82, 2.24) is 4.90 Å². The molecular weight excluding hydrogens is 580 g/mol. The number of amides is 1. The summed E-state index contributed by atoms with van der Waals surface area (Å²) < 4.78 is 12.5. The Hall–Kier alpha value is -3.07. The minimum Gasteiger partial charge on any atom is -0.491 e. The third-order valence-electron chi connectivity index (χ3n) is 8.91. The van der Waals surface area contributed by atoms with Gasteiger partial charge in [0.05, 0.1) is 24.5 Å². The number of nitrogens with zero attached hydrogens (tertiary/aromatic N) is 2. The molecule has 1 fully saturated rings. The number of halogens is 1. The van der Waals surface area contributed by atoms with Gasteiger partial charge in [0.15, 0.2) is 0 Å². The highest BCUT2D eigenvalue weighted by molar-refractivity contribution is 6.30. The number of aryl methyl sites for hydroxylation is 1. The van der Waals surface area contributed by atoms with Gasteiger partial charge in [-0.15, -0.1) is 0 Å². The SMILES string of the molecule is CCCc1cc(Cl)ccc1C1COc2ccc(C(C)O)cc2N(CC2CCC2C(C/C=C/CN(C)C(C)=O)OC)C1.O=CO. The average Bonchev–Trinajstić information content (AvgIpc) is 3.16. The largest absolute Gasteiger partial charge is 0.491 e. The molecule has 1 amide bonds. The molecule has 2 aromatic rings. The van der Waals surface area contributed by atoms with E-state index in [9.17, 15) is 9.90 Å². The van der Waals surface area contributed by atoms with E-state index in [0.717, 1.165) is 67.2 Å². The van der Waals surface area contributed by atoms with Crippen molar-refractivity contribution in [3.8, 4) is 5.75 Å². The van der Waals surface area contributed by atoms with E-state index in [2.05, 4.69) is 42.2 Å². The van der Waals surface area contributed by atoms with Gasteiger partial charge in [-0.25, -0.2) is 0 Å². The molecule has 242 valence electrons. The lowest BCUT2D eigenvalue weighted by molar-refractivity contribution is -0.127. The molecule has 2 aliphatic rings. The van der Waals surface area contributed by atoms with E-state index >= 15 is 0 Å². The zero-order valence-corrected chi connectivity index (χ0v) is 27.5. The number of anilines is 1. The molecule has 8 nitrogen and oxygen atoms in total. The normalized spacial score (nSPS) is 20.7. The van der Waals surface area contributed by atoms with Crippen LogP contribution in [-0.4, -0.2) is 74.0 Å². The Bertz CT molecular complexity index is 1250. The van der Waals surface area contributed by atoms with E-state index in [1.807, 2.05) is 39.3 Å². The fourth-order valence-corrected chi connectivity index (χ4v) is 6.42. The fourth-order valence-electron chi connectivity index (χ4n) is 6.22. The van der Waals surface area contributed by atoms with Crippen molar-refractivity contribution in [3.63, 3.8) is 0 Å². The molecular formula is C35H49ClN2O6. The predicted octanol–water partition coefficient (Wildman–Crippen LogP) is 6.50. The molecule has 9 heteroatoms. The monoisotopic (exact) mass is 628 g/mol. The van der Waals surface area contributed by atoms with Crippen LogP contribution in [-0.2, 0) is 20.7 Å². The van der Waals surface area contributed by atoms with Crippen LogP contribution in [0.15, 0.2) is 48.6 Å². The maximum atomic E-state index is 11.5. The molecule has 0 radical (unpaired) electrons. The van der Waals surface area contributed by atoms with Crippen LogP contribution in [0.3, 0.4) is 0 Å². The van der Waals surface area contributed by atoms with Crippen LogP contribution in [0.25, 0.3) is 0 Å². The number of ether oxygens (including phenoxy) is 2. The summed E-state index contributed by atoms with van der Waals surface area (Å²) in [7, 11) is 3.63. The van der Waals surface area contributed by atoms with Crippen LogP contribution in [0, 0.1) is 11.8 Å². The molecule has 0 aromatic heterocycles. The van der Waals surface area contributed by atoms with Gasteiger partial charge in [0, 0.05) is 51.7 Å². The first-order valence-electron chi connectivity index (χ1n) is 15.6. The molecule has 44 heavy (non-hydrogen) atoms. The summed E-state index contributed by atoms with van der Waals surface area (Å²) in [5.41, 5.74) is 4.57. The van der Waals surface area contributed by atoms with Gasteiger partial charge in [0.25, 0.3) is 6.47 Å². The summed E-state index contributed by atoms with van der Waals surface area (Å²) >= 11 is 6.40. The van der Waals surface area contributed by atoms with Crippen LogP contribution in [0.4, 0.5) is 5.69 Å². The number of carbonyl (C=O) groups is 2. The topological polar surface area (TPSA) is 99.5 Å². The third kappa shape index (κ3) is 9.46. The summed E-state index contributed by atoms with van der Waals surface area (Å²) in [6.45, 7) is 8.31. The first-order chi connectivity index (χ1) is 21.1. The molecule has 1 aliphatic carbocycles. The Kier molecular flexibility index (Phi) is 14.0. The lowest BCUT2D eigenvalue weighted by Crippen LogP contribution is -2.44. The summed E-state index contributed by atoms with van der Waals surface area (Å²) in [6, 6.07) is 12.4. The molecule has 2 N–H and O–H groups in total. The number of methoxy groups -OCH3 is 1. The number of hydrogen-bond donors (Lipinski definition) is 2. The van der Waals surface area contributed by atoms with Crippen LogP contribution in [0.2, 0.25) is 5.02 Å². The van der Waals surface area contributed by atoms with E-state index in [0.29, 0.717) is 25.0 Å². The quantitative estimate of drug-likeness (QED) is 0.205. The first-order valence-corrected chi connectivity index (χ1v) is 16.0. The number of fused-ring (bicyclic) bond motifs is 1. The van der Waals surface area contributed by atoms with Crippen molar-refractivity contribution in [1.29, 1.82) is 0 Å². The Morgan fingerprint density at radius 3 is 2.59 bits per heavy atom. The summed E-state index contributed by atoms with van der Waals surface area (Å²) in [6.07, 6.45) is 9.01. The second kappa shape index (κ2) is 17.4. The fraction of sp³-hybridized carbons (Fsp3) is 0.543. The van der Waals surface area contributed by atoms with Crippen molar-refractivity contribution in [3.05, 3.63) is 70.3 Å². The number of carboxylic acid groups (broad SMARTS) is 1. The molecule has 4 rings (SSSR count). The molecule has 0 bridgehead atoms. The van der Waals surface area contributed by atoms with Gasteiger partial charge < -0.3 is 29.5 Å². The number of aliphatic hydroxyl groups excluding tert-OH is 1. The molecule has 1 heterocycles. The molecule has 1 saturated carbocycles. The highest BCUT2D eigenvalue weighted by Crippen LogP contribution is 2.43. The molecule has 5 atom stereocenters. The summed E-state index contributed by atoms with van der Waals surface area (Å²) in [5.74, 6) is 2.10. The van der Waals surface area contributed by atoms with Crippen molar-refractivity contribution < 1.29 is 29.3 Å². The van der Waals surface area contributed by atoms with Crippen molar-refractivity contribution in [2.75, 3.05) is 45.3 Å². The standard InChI is InChI=1S/C34H47ClN2O4.CH2O2/c1-6-9-26-18-29(35)13-15-30(26)28-21-37(32-19-25(23(2)38)12-16-34(32)41-22-28)20-27-11-14-31(27)33(40-5)10-7-8-17-36(4)24(3)39;2-1-3/h7-8,12-13,15-16,18-19,23,27-28,31,33,38H,6,9-11,14,17,20-22H2,1-5H3;1H,(H,2,3)/b8-7+;. The van der Waals surface area contributed by atoms with E-state index in [4.69, 9.17) is 31.0 Å². The van der Waals surface area contributed by atoms with Crippen molar-refractivity contribution >= 4 is 29.7 Å². The second-order valence-corrected chi connectivity index (χ2v) is 12.3. The van der Waals surface area contributed by atoms with E-state index in [1.54, 1.807) is 11.8 Å². The molecule has 5 unspecified atom stereocenters. The Balaban J connectivity index is 0.00000169. The summed E-state index contributed by atoms with van der Waals surface area (Å²) in [5, 5.41) is 18.0. The number of likely N-dealkylation sites (N-methyl/N-ethyl adjacent to an activating group) is 1. The minimum absolute atomic E-state index is 0.0659. The molecule has 0 saturated heterocycles. The lowest BCUT2D eigenvalue weighted by atomic mass is 9.69. The molecule has 2 aromatic carbocycles. The van der Waals surface area contributed by atoms with Gasteiger partial charge in [0.2, 0.25) is 5.91 Å². The Labute approximate surface area is 267 Å². The van der Waals surface area contributed by atoms with Crippen LogP contribution in [0.1, 0.15) is 75.2 Å². The average molecular weight is 629 g/mol. The van der Waals surface area contributed by atoms with Gasteiger partial charge in [0.1, 0.15) is 5.75 Å². The molecule has 1 aliphatic heterocycles. The maximum absolute atomic E-state index is 11.5. The van der Waals surface area contributed by atoms with Crippen LogP contribution >= 0.6 is 11.6 Å². The highest BCUT2D eigenvalue weighted by Gasteiger charge is 2.39. The van der Waals surface area contributed by atoms with Gasteiger partial charge in [-0.3, -0.25) is 9.59 Å². The minimum atomic E-state index is -0.545. The number of aliphatic hydroxyl groups is 1. The zero-order valence-electron chi connectivity index (χ0n) is 26.7. The van der Waals surface area contributed by atoms with E-state index < -0.39 is 6.10 Å². The third-order valence-corrected chi connectivity index (χ3v) is 9.15. The van der Waals surface area contributed by atoms with Gasteiger partial charge >= 0.3 is 0 Å². The van der Waals surface area contributed by atoms with Crippen molar-refractivity contribution in [2.45, 2.75) is 71.0 Å². The number of rotatable bonds is 12. The second-order valence-electron chi connectivity index (χ2n) is 11.9. The molecule has 0 spiro atoms. The van der Waals surface area contributed by atoms with Crippen LogP contribution < -0.4 is 9.64 Å². The maximum Gasteiger partial charge on any atom is 0.290 e. The number of benzene rings is 2. The van der Waals surface area contributed by atoms with Gasteiger partial charge in [-0.05, 0) is 85.4 Å². The van der Waals surface area contributed by atoms with E-state index in [1.165, 1.54) is 11.1 Å².